The Hall–Kier alpha value is -0.290. The fraction of sp³-hybridized carbons (Fsp3) is 1.00. The first-order chi connectivity index (χ1) is 4.95. The van der Waals surface area contributed by atoms with Crippen LogP contribution >= 0.6 is 0 Å². The predicted molar refractivity (Wildman–Crippen MR) is 34.9 cm³/mol. The summed E-state index contributed by atoms with van der Waals surface area (Å²) in [7, 11) is 0. The van der Waals surface area contributed by atoms with Crippen LogP contribution in [0.5, 0.6) is 0 Å². The topological polar surface area (TPSA) is 35.2 Å². The number of hydrogen-bond donors (Lipinski definition) is 1. The molecule has 0 aliphatic heterocycles. The average Bonchev–Trinajstić information content (AvgIpc) is 1.85. The van der Waals surface area contributed by atoms with Crippen molar-refractivity contribution in [1.82, 2.24) is 0 Å². The summed E-state index contributed by atoms with van der Waals surface area (Å²) in [6.45, 7) is 1.47. The van der Waals surface area contributed by atoms with E-state index in [-0.39, 0.29) is 19.1 Å². The molecule has 0 saturated heterocycles. The number of halogens is 3. The Kier molecular flexibility index (Phi) is 4.44. The standard InChI is InChI=1S/C6H12F3NO/c1-2-5(10)3-4-11-6(7,8)9/h5H,2-4,10H2,1H3/t5-/m1/s1. The molecule has 68 valence electrons. The minimum Gasteiger partial charge on any atom is -0.328 e. The molecule has 0 aromatic carbocycles. The maximum absolute atomic E-state index is 11.3. The van der Waals surface area contributed by atoms with E-state index in [1.165, 1.54) is 0 Å². The molecule has 0 heterocycles. The molecule has 0 aliphatic carbocycles. The molecule has 5 heteroatoms. The highest BCUT2D eigenvalue weighted by atomic mass is 19.4. The molecule has 1 atom stereocenters. The molecule has 2 nitrogen and oxygen atoms in total. The second-order valence-electron chi connectivity index (χ2n) is 2.25. The van der Waals surface area contributed by atoms with E-state index >= 15 is 0 Å². The number of hydrogen-bond acceptors (Lipinski definition) is 2. The van der Waals surface area contributed by atoms with Crippen molar-refractivity contribution < 1.29 is 17.9 Å². The van der Waals surface area contributed by atoms with Crippen molar-refractivity contribution >= 4 is 0 Å². The summed E-state index contributed by atoms with van der Waals surface area (Å²) in [5.41, 5.74) is 5.35. The zero-order valence-electron chi connectivity index (χ0n) is 6.32. The molecule has 11 heavy (non-hydrogen) atoms. The minimum atomic E-state index is -4.52. The maximum atomic E-state index is 11.3. The fourth-order valence-corrected chi connectivity index (χ4v) is 0.530. The van der Waals surface area contributed by atoms with Crippen molar-refractivity contribution in [2.45, 2.75) is 32.2 Å². The molecule has 2 N–H and O–H groups in total. The lowest BCUT2D eigenvalue weighted by Crippen LogP contribution is -2.23. The number of rotatable bonds is 4. The first kappa shape index (κ1) is 10.7. The highest BCUT2D eigenvalue weighted by Crippen LogP contribution is 2.16. The third-order valence-electron chi connectivity index (χ3n) is 1.28. The summed E-state index contributed by atoms with van der Waals surface area (Å²) >= 11 is 0. The SMILES string of the molecule is CC[C@@H](N)CCOC(F)(F)F. The van der Waals surface area contributed by atoms with Gasteiger partial charge in [0.05, 0.1) is 6.61 Å². The first-order valence-electron chi connectivity index (χ1n) is 3.42. The Bertz CT molecular complexity index is 104. The Labute approximate surface area is 63.5 Å². The highest BCUT2D eigenvalue weighted by Gasteiger charge is 2.28. The molecule has 0 fully saturated rings. The third kappa shape index (κ3) is 7.61. The van der Waals surface area contributed by atoms with Gasteiger partial charge in [-0.3, -0.25) is 4.74 Å². The quantitative estimate of drug-likeness (QED) is 0.698. The van der Waals surface area contributed by atoms with Crippen LogP contribution in [0.15, 0.2) is 0 Å². The van der Waals surface area contributed by atoms with Gasteiger partial charge in [0.1, 0.15) is 0 Å². The number of alkyl halides is 3. The second kappa shape index (κ2) is 4.56. The highest BCUT2D eigenvalue weighted by molar-refractivity contribution is 4.56. The van der Waals surface area contributed by atoms with Gasteiger partial charge in [-0.2, -0.15) is 0 Å². The van der Waals surface area contributed by atoms with Crippen molar-refractivity contribution in [2.75, 3.05) is 6.61 Å². The van der Waals surface area contributed by atoms with Gasteiger partial charge in [0.15, 0.2) is 0 Å². The van der Waals surface area contributed by atoms with Crippen LogP contribution in [0.3, 0.4) is 0 Å². The van der Waals surface area contributed by atoms with Crippen LogP contribution in [-0.2, 0) is 4.74 Å². The molecular formula is C6H12F3NO. The maximum Gasteiger partial charge on any atom is 0.522 e. The predicted octanol–water partition coefficient (Wildman–Crippen LogP) is 1.65. The molecule has 0 aliphatic rings. The smallest absolute Gasteiger partial charge is 0.328 e. The zero-order valence-corrected chi connectivity index (χ0v) is 6.32. The molecule has 0 aromatic heterocycles. The molecule has 0 spiro atoms. The molecular weight excluding hydrogens is 159 g/mol. The van der Waals surface area contributed by atoms with E-state index in [0.29, 0.717) is 6.42 Å². The van der Waals surface area contributed by atoms with E-state index in [2.05, 4.69) is 4.74 Å². The van der Waals surface area contributed by atoms with Gasteiger partial charge in [0, 0.05) is 6.04 Å². The van der Waals surface area contributed by atoms with Gasteiger partial charge in [-0.25, -0.2) is 0 Å². The van der Waals surface area contributed by atoms with Gasteiger partial charge in [0.25, 0.3) is 0 Å². The monoisotopic (exact) mass is 171 g/mol. The fourth-order valence-electron chi connectivity index (χ4n) is 0.530. The Morgan fingerprint density at radius 2 is 2.00 bits per heavy atom. The van der Waals surface area contributed by atoms with Crippen LogP contribution in [0, 0.1) is 0 Å². The average molecular weight is 171 g/mol. The van der Waals surface area contributed by atoms with Crippen molar-refractivity contribution in [3.8, 4) is 0 Å². The molecule has 0 unspecified atom stereocenters. The van der Waals surface area contributed by atoms with Gasteiger partial charge in [-0.15, -0.1) is 13.2 Å². The van der Waals surface area contributed by atoms with Crippen molar-refractivity contribution in [3.63, 3.8) is 0 Å². The number of nitrogens with two attached hydrogens (primary N) is 1. The van der Waals surface area contributed by atoms with E-state index in [9.17, 15) is 13.2 Å². The molecule has 0 amide bonds. The second-order valence-corrected chi connectivity index (χ2v) is 2.25. The zero-order chi connectivity index (χ0) is 8.91. The van der Waals surface area contributed by atoms with Gasteiger partial charge < -0.3 is 5.73 Å². The normalized spacial score (nSPS) is 15.0. The minimum absolute atomic E-state index is 0.197. The van der Waals surface area contributed by atoms with Gasteiger partial charge in [-0.05, 0) is 12.8 Å². The lowest BCUT2D eigenvalue weighted by molar-refractivity contribution is -0.324. The van der Waals surface area contributed by atoms with E-state index in [1.807, 2.05) is 6.92 Å². The first-order valence-corrected chi connectivity index (χ1v) is 3.42. The summed E-state index contributed by atoms with van der Waals surface area (Å²) < 4.78 is 37.6. The van der Waals surface area contributed by atoms with Gasteiger partial charge in [0.2, 0.25) is 0 Å². The van der Waals surface area contributed by atoms with E-state index < -0.39 is 6.36 Å². The summed E-state index contributed by atoms with van der Waals surface area (Å²) in [6, 6.07) is -0.197. The lowest BCUT2D eigenvalue weighted by Gasteiger charge is -2.10. The molecule has 0 radical (unpaired) electrons. The van der Waals surface area contributed by atoms with E-state index in [1.54, 1.807) is 0 Å². The van der Waals surface area contributed by atoms with Gasteiger partial charge in [-0.1, -0.05) is 6.92 Å². The Morgan fingerprint density at radius 3 is 2.36 bits per heavy atom. The molecule has 0 aromatic rings. The Morgan fingerprint density at radius 1 is 1.45 bits per heavy atom. The summed E-state index contributed by atoms with van der Waals surface area (Å²) in [4.78, 5) is 0. The Balaban J connectivity index is 3.28. The summed E-state index contributed by atoms with van der Waals surface area (Å²) in [5.74, 6) is 0. The van der Waals surface area contributed by atoms with Gasteiger partial charge >= 0.3 is 6.36 Å². The van der Waals surface area contributed by atoms with Crippen molar-refractivity contribution in [2.24, 2.45) is 5.73 Å². The van der Waals surface area contributed by atoms with Crippen LogP contribution in [0.25, 0.3) is 0 Å². The van der Waals surface area contributed by atoms with Crippen molar-refractivity contribution in [3.05, 3.63) is 0 Å². The van der Waals surface area contributed by atoms with Crippen LogP contribution in [-0.4, -0.2) is 19.0 Å². The van der Waals surface area contributed by atoms with E-state index in [4.69, 9.17) is 5.73 Å². The summed E-state index contributed by atoms with van der Waals surface area (Å²) in [5, 5.41) is 0. The van der Waals surface area contributed by atoms with E-state index in [0.717, 1.165) is 0 Å². The van der Waals surface area contributed by atoms with Crippen LogP contribution in [0.1, 0.15) is 19.8 Å². The largest absolute Gasteiger partial charge is 0.522 e. The third-order valence-corrected chi connectivity index (χ3v) is 1.28. The molecule has 0 rings (SSSR count). The molecule has 0 bridgehead atoms. The van der Waals surface area contributed by atoms with Crippen molar-refractivity contribution in [1.29, 1.82) is 0 Å². The lowest BCUT2D eigenvalue weighted by atomic mass is 10.2. The van der Waals surface area contributed by atoms with Crippen LogP contribution in [0.4, 0.5) is 13.2 Å². The molecule has 0 saturated carbocycles. The summed E-state index contributed by atoms with van der Waals surface area (Å²) in [6.07, 6.45) is -3.61. The van der Waals surface area contributed by atoms with Crippen LogP contribution in [0.2, 0.25) is 0 Å². The number of ether oxygens (including phenoxy) is 1. The van der Waals surface area contributed by atoms with Crippen LogP contribution < -0.4 is 5.73 Å².